The molecule has 0 saturated heterocycles. The third-order valence-electron chi connectivity index (χ3n) is 4.45. The highest BCUT2D eigenvalue weighted by Gasteiger charge is 2.15. The number of esters is 1. The zero-order valence-corrected chi connectivity index (χ0v) is 17.6. The van der Waals surface area contributed by atoms with Crippen LogP contribution < -0.4 is 4.74 Å². The van der Waals surface area contributed by atoms with E-state index in [1.807, 2.05) is 0 Å². The van der Waals surface area contributed by atoms with E-state index in [9.17, 15) is 27.2 Å². The van der Waals surface area contributed by atoms with Gasteiger partial charge in [0.2, 0.25) is 0 Å². The van der Waals surface area contributed by atoms with Crippen LogP contribution in [0.2, 0.25) is 0 Å². The van der Waals surface area contributed by atoms with Crippen molar-refractivity contribution in [1.82, 2.24) is 20.0 Å². The smallest absolute Gasteiger partial charge is 0.347 e. The van der Waals surface area contributed by atoms with Gasteiger partial charge in [0.1, 0.15) is 16.9 Å². The average Bonchev–Trinajstić information content (AvgIpc) is 3.39. The van der Waals surface area contributed by atoms with Crippen molar-refractivity contribution in [1.29, 1.82) is 0 Å². The Morgan fingerprint density at radius 2 is 1.59 bits per heavy atom. The molecule has 8 nitrogen and oxygen atoms in total. The predicted molar refractivity (Wildman–Crippen MR) is 110 cm³/mol. The Balaban J connectivity index is 0.000000191. The number of nitrogens with one attached hydrogen (secondary N) is 1. The molecule has 34 heavy (non-hydrogen) atoms. The van der Waals surface area contributed by atoms with E-state index in [0.717, 1.165) is 24.3 Å². The summed E-state index contributed by atoms with van der Waals surface area (Å²) in [5, 5.41) is 19.0. The van der Waals surface area contributed by atoms with Gasteiger partial charge >= 0.3 is 11.9 Å². The molecule has 0 spiro atoms. The minimum Gasteiger partial charge on any atom is -0.478 e. The maximum atomic E-state index is 13.0. The van der Waals surface area contributed by atoms with Crippen LogP contribution in [0.15, 0.2) is 48.8 Å². The van der Waals surface area contributed by atoms with Crippen LogP contribution in [0, 0.1) is 37.1 Å². The number of carboxylic acids is 1. The van der Waals surface area contributed by atoms with Gasteiger partial charge in [0.05, 0.1) is 17.6 Å². The summed E-state index contributed by atoms with van der Waals surface area (Å²) in [6, 6.07) is 6.10. The number of aromatic amines is 1. The maximum Gasteiger partial charge on any atom is 0.347 e. The minimum atomic E-state index is -1.11. The number of halogens is 4. The van der Waals surface area contributed by atoms with Crippen molar-refractivity contribution in [3.8, 4) is 11.4 Å². The second kappa shape index (κ2) is 9.98. The van der Waals surface area contributed by atoms with Crippen molar-refractivity contribution < 1.29 is 37.0 Å². The standard InChI is InChI=1S/2C11H8F2N2O2/c1-6-8(11(16)17)5-15(14-6)7-2-3-9(12)10(13)4-7;1-6-8(5-14-15-6)11(16)17-7-2-3-9(12)10(13)4-7/h2-5H,1H3,(H,16,17);2-5H,1H3,(H,14,15). The normalized spacial score (nSPS) is 10.4. The Bertz CT molecular complexity index is 1370. The second-order valence-corrected chi connectivity index (χ2v) is 6.85. The van der Waals surface area contributed by atoms with Crippen molar-refractivity contribution in [2.45, 2.75) is 13.8 Å². The number of benzene rings is 2. The fourth-order valence-corrected chi connectivity index (χ4v) is 2.69. The molecule has 4 aromatic rings. The molecule has 2 aromatic heterocycles. The third kappa shape index (κ3) is 5.46. The highest BCUT2D eigenvalue weighted by Crippen LogP contribution is 2.18. The third-order valence-corrected chi connectivity index (χ3v) is 4.45. The molecule has 4 rings (SSSR count). The van der Waals surface area contributed by atoms with E-state index in [1.165, 1.54) is 36.1 Å². The van der Waals surface area contributed by atoms with E-state index in [2.05, 4.69) is 15.3 Å². The fourth-order valence-electron chi connectivity index (χ4n) is 2.69. The maximum absolute atomic E-state index is 13.0. The Morgan fingerprint density at radius 1 is 0.941 bits per heavy atom. The molecule has 0 aliphatic rings. The average molecular weight is 476 g/mol. The number of hydrogen-bond donors (Lipinski definition) is 2. The Kier molecular flexibility index (Phi) is 7.09. The predicted octanol–water partition coefficient (Wildman–Crippen LogP) is 4.37. The molecule has 176 valence electrons. The molecule has 0 fully saturated rings. The molecule has 0 aliphatic heterocycles. The van der Waals surface area contributed by atoms with Crippen LogP contribution >= 0.6 is 0 Å². The zero-order chi connectivity index (χ0) is 25.0. The summed E-state index contributed by atoms with van der Waals surface area (Å²) in [5.41, 5.74) is 1.38. The molecule has 2 heterocycles. The Labute approximate surface area is 189 Å². The van der Waals surface area contributed by atoms with Gasteiger partial charge in [-0.2, -0.15) is 10.2 Å². The number of carbonyl (C=O) groups is 2. The van der Waals surface area contributed by atoms with Gasteiger partial charge in [-0.25, -0.2) is 31.8 Å². The van der Waals surface area contributed by atoms with Crippen molar-refractivity contribution in [2.75, 3.05) is 0 Å². The summed E-state index contributed by atoms with van der Waals surface area (Å²) < 4.78 is 57.3. The molecule has 0 radical (unpaired) electrons. The Hall–Kier alpha value is -4.48. The lowest BCUT2D eigenvalue weighted by Crippen LogP contribution is -2.09. The summed E-state index contributed by atoms with van der Waals surface area (Å²) in [6.45, 7) is 3.18. The molecular weight excluding hydrogens is 460 g/mol. The first-order valence-electron chi connectivity index (χ1n) is 9.49. The highest BCUT2D eigenvalue weighted by atomic mass is 19.2. The van der Waals surface area contributed by atoms with E-state index >= 15 is 0 Å². The number of aromatic nitrogens is 4. The monoisotopic (exact) mass is 476 g/mol. The van der Waals surface area contributed by atoms with E-state index in [0.29, 0.717) is 11.4 Å². The summed E-state index contributed by atoms with van der Waals surface area (Å²) in [6.07, 6.45) is 2.56. The number of hydrogen-bond acceptors (Lipinski definition) is 5. The first-order chi connectivity index (χ1) is 16.1. The van der Waals surface area contributed by atoms with Crippen molar-refractivity contribution in [2.24, 2.45) is 0 Å². The number of carboxylic acid groups (broad SMARTS) is 1. The molecular formula is C22H16F4N4O4. The van der Waals surface area contributed by atoms with E-state index in [-0.39, 0.29) is 22.6 Å². The van der Waals surface area contributed by atoms with Crippen LogP contribution in [0.25, 0.3) is 5.69 Å². The van der Waals surface area contributed by atoms with Crippen LogP contribution in [0.4, 0.5) is 17.6 Å². The number of aryl methyl sites for hydroxylation is 2. The summed E-state index contributed by atoms with van der Waals surface area (Å²) >= 11 is 0. The van der Waals surface area contributed by atoms with Gasteiger partial charge in [-0.1, -0.05) is 0 Å². The lowest BCUT2D eigenvalue weighted by atomic mass is 10.2. The second-order valence-electron chi connectivity index (χ2n) is 6.85. The summed E-state index contributed by atoms with van der Waals surface area (Å²) in [4.78, 5) is 22.4. The number of nitrogens with zero attached hydrogens (tertiary/aromatic N) is 3. The number of ether oxygens (including phenoxy) is 1. The molecule has 0 saturated carbocycles. The van der Waals surface area contributed by atoms with Gasteiger partial charge in [-0.05, 0) is 38.1 Å². The van der Waals surface area contributed by atoms with Crippen LogP contribution in [0.3, 0.4) is 0 Å². The molecule has 2 N–H and O–H groups in total. The van der Waals surface area contributed by atoms with Crippen molar-refractivity contribution in [3.63, 3.8) is 0 Å². The minimum absolute atomic E-state index is 0.0229. The SMILES string of the molecule is Cc1[nH]ncc1C(=O)Oc1ccc(F)c(F)c1.Cc1nn(-c2ccc(F)c(F)c2)cc1C(=O)O. The highest BCUT2D eigenvalue weighted by molar-refractivity contribution is 5.91. The Morgan fingerprint density at radius 3 is 2.12 bits per heavy atom. The van der Waals surface area contributed by atoms with Gasteiger partial charge in [0, 0.05) is 24.0 Å². The first kappa shape index (κ1) is 24.2. The van der Waals surface area contributed by atoms with Crippen molar-refractivity contribution >= 4 is 11.9 Å². The lowest BCUT2D eigenvalue weighted by molar-refractivity contribution is 0.0693. The molecule has 0 bridgehead atoms. The van der Waals surface area contributed by atoms with Gasteiger partial charge < -0.3 is 9.84 Å². The molecule has 0 amide bonds. The van der Waals surface area contributed by atoms with Crippen LogP contribution in [-0.4, -0.2) is 37.0 Å². The quantitative estimate of drug-likeness (QED) is 0.257. The number of H-pyrrole nitrogens is 1. The number of carbonyl (C=O) groups excluding carboxylic acids is 1. The van der Waals surface area contributed by atoms with Crippen LogP contribution in [0.1, 0.15) is 32.1 Å². The van der Waals surface area contributed by atoms with Gasteiger partial charge in [0.15, 0.2) is 23.3 Å². The van der Waals surface area contributed by atoms with Crippen molar-refractivity contribution in [3.05, 3.63) is 94.6 Å². The fraction of sp³-hybridized carbons (Fsp3) is 0.0909. The van der Waals surface area contributed by atoms with Gasteiger partial charge in [0.25, 0.3) is 0 Å². The van der Waals surface area contributed by atoms with Crippen LogP contribution in [0.5, 0.6) is 5.75 Å². The van der Waals surface area contributed by atoms with E-state index < -0.39 is 35.2 Å². The topological polar surface area (TPSA) is 110 Å². The number of aromatic carboxylic acids is 1. The van der Waals surface area contributed by atoms with E-state index in [4.69, 9.17) is 9.84 Å². The molecule has 0 unspecified atom stereocenters. The van der Waals surface area contributed by atoms with E-state index in [1.54, 1.807) is 6.92 Å². The van der Waals surface area contributed by atoms with Gasteiger partial charge in [-0.3, -0.25) is 5.10 Å². The molecule has 12 heteroatoms. The largest absolute Gasteiger partial charge is 0.478 e. The molecule has 0 atom stereocenters. The number of rotatable bonds is 4. The van der Waals surface area contributed by atoms with Crippen LogP contribution in [-0.2, 0) is 0 Å². The lowest BCUT2D eigenvalue weighted by Gasteiger charge is -2.03. The van der Waals surface area contributed by atoms with Gasteiger partial charge in [-0.15, -0.1) is 0 Å². The first-order valence-corrected chi connectivity index (χ1v) is 9.49. The zero-order valence-electron chi connectivity index (χ0n) is 17.6. The molecule has 0 aliphatic carbocycles. The summed E-state index contributed by atoms with van der Waals surface area (Å²) in [7, 11) is 0. The molecule has 2 aromatic carbocycles. The summed E-state index contributed by atoms with van der Waals surface area (Å²) in [5.74, 6) is -5.89.